The number of hydrogen-bond donors (Lipinski definition) is 0. The monoisotopic (exact) mass is 283 g/mol. The van der Waals surface area contributed by atoms with E-state index in [-0.39, 0.29) is 15.1 Å². The van der Waals surface area contributed by atoms with E-state index in [0.29, 0.717) is 0 Å². The minimum atomic E-state index is -4.52. The lowest BCUT2D eigenvalue weighted by molar-refractivity contribution is -0.138. The summed E-state index contributed by atoms with van der Waals surface area (Å²) in [6.07, 6.45) is -4.52. The van der Waals surface area contributed by atoms with E-state index >= 15 is 0 Å². The van der Waals surface area contributed by atoms with E-state index in [0.717, 1.165) is 6.07 Å². The first kappa shape index (κ1) is 11.3. The van der Waals surface area contributed by atoms with Gasteiger partial charge in [-0.2, -0.15) is 18.4 Å². The third-order valence-corrected chi connectivity index (χ3v) is 2.84. The average Bonchev–Trinajstić information content (AvgIpc) is 2.07. The zero-order chi connectivity index (χ0) is 10.9. The lowest BCUT2D eigenvalue weighted by atomic mass is 10.1. The summed E-state index contributed by atoms with van der Waals surface area (Å²) in [7, 11) is 0. The van der Waals surface area contributed by atoms with Crippen LogP contribution in [0.1, 0.15) is 11.1 Å². The molecule has 6 heteroatoms. The Hall–Kier alpha value is -0.730. The van der Waals surface area contributed by atoms with Crippen LogP contribution in [-0.4, -0.2) is 0 Å². The van der Waals surface area contributed by atoms with Gasteiger partial charge in [-0.15, -0.1) is 0 Å². The highest BCUT2D eigenvalue weighted by atomic mass is 79.9. The highest BCUT2D eigenvalue weighted by Crippen LogP contribution is 2.38. The summed E-state index contributed by atoms with van der Waals surface area (Å²) >= 11 is 8.22. The molecule has 0 spiro atoms. The van der Waals surface area contributed by atoms with Crippen LogP contribution in [0.25, 0.3) is 0 Å². The Labute approximate surface area is 91.2 Å². The van der Waals surface area contributed by atoms with Gasteiger partial charge >= 0.3 is 6.18 Å². The van der Waals surface area contributed by atoms with E-state index < -0.39 is 11.7 Å². The van der Waals surface area contributed by atoms with Crippen molar-refractivity contribution in [1.82, 2.24) is 0 Å². The molecule has 0 fully saturated rings. The van der Waals surface area contributed by atoms with Crippen LogP contribution in [0.3, 0.4) is 0 Å². The summed E-state index contributed by atoms with van der Waals surface area (Å²) in [6.45, 7) is 0. The summed E-state index contributed by atoms with van der Waals surface area (Å²) in [4.78, 5) is 0. The van der Waals surface area contributed by atoms with E-state index in [9.17, 15) is 13.2 Å². The highest BCUT2D eigenvalue weighted by Gasteiger charge is 2.34. The molecule has 0 atom stereocenters. The quantitative estimate of drug-likeness (QED) is 0.706. The Morgan fingerprint density at radius 3 is 2.36 bits per heavy atom. The molecule has 0 aromatic heterocycles. The van der Waals surface area contributed by atoms with Gasteiger partial charge in [0.2, 0.25) is 0 Å². The third-order valence-electron chi connectivity index (χ3n) is 1.46. The molecular formula is C8H2BrClF3N. The van der Waals surface area contributed by atoms with Crippen molar-refractivity contribution in [2.45, 2.75) is 6.18 Å². The van der Waals surface area contributed by atoms with E-state index in [1.54, 1.807) is 6.07 Å². The number of alkyl halides is 3. The molecule has 1 nitrogen and oxygen atoms in total. The fourth-order valence-corrected chi connectivity index (χ4v) is 1.53. The molecule has 1 rings (SSSR count). The number of nitrogens with zero attached hydrogens (tertiary/aromatic N) is 1. The molecule has 74 valence electrons. The lowest BCUT2D eigenvalue weighted by Crippen LogP contribution is -2.06. The zero-order valence-electron chi connectivity index (χ0n) is 6.49. The average molecular weight is 284 g/mol. The van der Waals surface area contributed by atoms with Gasteiger partial charge < -0.3 is 0 Å². The minimum absolute atomic E-state index is 0.120. The molecule has 0 aliphatic rings. The predicted octanol–water partition coefficient (Wildman–Crippen LogP) is 3.99. The van der Waals surface area contributed by atoms with Crippen molar-refractivity contribution < 1.29 is 13.2 Å². The third kappa shape index (κ3) is 2.20. The summed E-state index contributed by atoms with van der Waals surface area (Å²) in [6, 6.07) is 3.52. The summed E-state index contributed by atoms with van der Waals surface area (Å²) in [5, 5.41) is 8.32. The van der Waals surface area contributed by atoms with E-state index in [2.05, 4.69) is 15.9 Å². The number of hydrogen-bond acceptors (Lipinski definition) is 1. The van der Waals surface area contributed by atoms with Gasteiger partial charge in [0.25, 0.3) is 0 Å². The second kappa shape index (κ2) is 3.79. The summed E-state index contributed by atoms with van der Waals surface area (Å²) in [5.41, 5.74) is -1.06. The molecular weight excluding hydrogens is 282 g/mol. The zero-order valence-corrected chi connectivity index (χ0v) is 8.83. The second-order valence-electron chi connectivity index (χ2n) is 2.43. The van der Waals surface area contributed by atoms with Crippen molar-refractivity contribution in [3.05, 3.63) is 32.8 Å². The van der Waals surface area contributed by atoms with Crippen molar-refractivity contribution in [3.63, 3.8) is 0 Å². The number of rotatable bonds is 0. The largest absolute Gasteiger partial charge is 0.417 e. The molecule has 0 radical (unpaired) electrons. The SMILES string of the molecule is N#Cc1cc(Cl)c(Br)c(C(F)(F)F)c1. The molecule has 0 aliphatic carbocycles. The van der Waals surface area contributed by atoms with E-state index in [1.165, 1.54) is 6.07 Å². The lowest BCUT2D eigenvalue weighted by Gasteiger charge is -2.10. The predicted molar refractivity (Wildman–Crippen MR) is 48.9 cm³/mol. The van der Waals surface area contributed by atoms with Crippen LogP contribution in [0.5, 0.6) is 0 Å². The molecule has 0 bridgehead atoms. The van der Waals surface area contributed by atoms with Crippen LogP contribution >= 0.6 is 27.5 Å². The van der Waals surface area contributed by atoms with Crippen LogP contribution in [0.2, 0.25) is 5.02 Å². The molecule has 0 heterocycles. The Balaban J connectivity index is 3.44. The summed E-state index contributed by atoms with van der Waals surface area (Å²) < 4.78 is 36.8. The first-order chi connectivity index (χ1) is 6.36. The minimum Gasteiger partial charge on any atom is -0.192 e. The van der Waals surface area contributed by atoms with Gasteiger partial charge in [0, 0.05) is 4.47 Å². The summed E-state index contributed by atoms with van der Waals surface area (Å²) in [5.74, 6) is 0. The van der Waals surface area contributed by atoms with Gasteiger partial charge in [-0.05, 0) is 28.1 Å². The maximum atomic E-state index is 12.3. The smallest absolute Gasteiger partial charge is 0.192 e. The fourth-order valence-electron chi connectivity index (χ4n) is 0.860. The Morgan fingerprint density at radius 1 is 1.36 bits per heavy atom. The van der Waals surface area contributed by atoms with Crippen LogP contribution in [0, 0.1) is 11.3 Å². The Morgan fingerprint density at radius 2 is 1.93 bits per heavy atom. The van der Waals surface area contributed by atoms with Gasteiger partial charge in [-0.1, -0.05) is 11.6 Å². The van der Waals surface area contributed by atoms with Crippen molar-refractivity contribution in [1.29, 1.82) is 5.26 Å². The van der Waals surface area contributed by atoms with Gasteiger partial charge in [-0.25, -0.2) is 0 Å². The van der Waals surface area contributed by atoms with Gasteiger partial charge in [-0.3, -0.25) is 0 Å². The standard InChI is InChI=1S/C8H2BrClF3N/c9-7-5(8(11,12)13)1-4(3-14)2-6(7)10/h1-2H. The molecule has 0 amide bonds. The Bertz CT molecular complexity index is 408. The van der Waals surface area contributed by atoms with Gasteiger partial charge in [0.15, 0.2) is 0 Å². The molecule has 0 saturated carbocycles. The second-order valence-corrected chi connectivity index (χ2v) is 3.63. The number of nitriles is 1. The first-order valence-electron chi connectivity index (χ1n) is 3.32. The van der Waals surface area contributed by atoms with Gasteiger partial charge in [0.05, 0.1) is 22.2 Å². The van der Waals surface area contributed by atoms with Crippen LogP contribution in [0.15, 0.2) is 16.6 Å². The molecule has 0 saturated heterocycles. The van der Waals surface area contributed by atoms with Crippen molar-refractivity contribution >= 4 is 27.5 Å². The molecule has 0 unspecified atom stereocenters. The van der Waals surface area contributed by atoms with Crippen LogP contribution < -0.4 is 0 Å². The molecule has 1 aromatic rings. The van der Waals surface area contributed by atoms with Crippen LogP contribution in [0.4, 0.5) is 13.2 Å². The van der Waals surface area contributed by atoms with Crippen molar-refractivity contribution in [2.75, 3.05) is 0 Å². The maximum absolute atomic E-state index is 12.3. The molecule has 14 heavy (non-hydrogen) atoms. The number of benzene rings is 1. The first-order valence-corrected chi connectivity index (χ1v) is 4.49. The van der Waals surface area contributed by atoms with E-state index in [1.807, 2.05) is 0 Å². The molecule has 0 aliphatic heterocycles. The Kier molecular flexibility index (Phi) is 3.07. The number of halogens is 5. The van der Waals surface area contributed by atoms with E-state index in [4.69, 9.17) is 16.9 Å². The molecule has 1 aromatic carbocycles. The van der Waals surface area contributed by atoms with Gasteiger partial charge in [0.1, 0.15) is 0 Å². The normalized spacial score (nSPS) is 11.1. The topological polar surface area (TPSA) is 23.8 Å². The van der Waals surface area contributed by atoms with Crippen molar-refractivity contribution in [3.8, 4) is 6.07 Å². The van der Waals surface area contributed by atoms with Crippen LogP contribution in [-0.2, 0) is 6.18 Å². The molecule has 0 N–H and O–H groups in total. The van der Waals surface area contributed by atoms with Crippen molar-refractivity contribution in [2.24, 2.45) is 0 Å². The maximum Gasteiger partial charge on any atom is 0.417 e. The highest BCUT2D eigenvalue weighted by molar-refractivity contribution is 9.10. The fraction of sp³-hybridized carbons (Fsp3) is 0.125.